The molecule has 0 aromatic heterocycles. The first-order valence-corrected chi connectivity index (χ1v) is 7.29. The lowest BCUT2D eigenvalue weighted by Crippen LogP contribution is -2.38. The third kappa shape index (κ3) is 2.71. The fourth-order valence-corrected chi connectivity index (χ4v) is 2.80. The summed E-state index contributed by atoms with van der Waals surface area (Å²) in [6.07, 6.45) is 4.10. The van der Waals surface area contributed by atoms with Crippen LogP contribution in [0.15, 0.2) is 18.2 Å². The average molecular weight is 261 g/mol. The number of rotatable bonds is 4. The summed E-state index contributed by atoms with van der Waals surface area (Å²) in [5.74, 6) is 1.75. The second-order valence-electron chi connectivity index (χ2n) is 6.17. The van der Waals surface area contributed by atoms with Crippen molar-refractivity contribution < 1.29 is 9.47 Å². The van der Waals surface area contributed by atoms with Crippen molar-refractivity contribution in [2.75, 3.05) is 19.8 Å². The Morgan fingerprint density at radius 3 is 2.63 bits per heavy atom. The molecule has 1 unspecified atom stereocenters. The van der Waals surface area contributed by atoms with Gasteiger partial charge in [-0.05, 0) is 42.9 Å². The molecule has 19 heavy (non-hydrogen) atoms. The van der Waals surface area contributed by atoms with Gasteiger partial charge in [0.05, 0.1) is 0 Å². The Labute approximate surface area is 115 Å². The van der Waals surface area contributed by atoms with Crippen LogP contribution >= 0.6 is 0 Å². The Morgan fingerprint density at radius 1 is 1.21 bits per heavy atom. The van der Waals surface area contributed by atoms with Crippen LogP contribution in [0.3, 0.4) is 0 Å². The lowest BCUT2D eigenvalue weighted by Gasteiger charge is -2.39. The molecule has 0 saturated heterocycles. The molecule has 1 fully saturated rings. The van der Waals surface area contributed by atoms with Crippen molar-refractivity contribution in [3.8, 4) is 11.5 Å². The molecular weight excluding hydrogens is 238 g/mol. The second kappa shape index (κ2) is 5.04. The van der Waals surface area contributed by atoms with Gasteiger partial charge in [-0.1, -0.05) is 19.4 Å². The molecule has 1 atom stereocenters. The minimum atomic E-state index is 0.355. The van der Waals surface area contributed by atoms with Gasteiger partial charge in [0.1, 0.15) is 13.2 Å². The van der Waals surface area contributed by atoms with Gasteiger partial charge >= 0.3 is 0 Å². The standard InChI is InChI=1S/C16H23NO2/c1-12(17-11-16(2)6-3-7-16)13-4-5-14-15(10-13)19-9-8-18-14/h4-5,10,12,17H,3,6-9,11H2,1-2H3. The van der Waals surface area contributed by atoms with E-state index in [1.807, 2.05) is 6.07 Å². The summed E-state index contributed by atoms with van der Waals surface area (Å²) in [5.41, 5.74) is 1.79. The van der Waals surface area contributed by atoms with Crippen molar-refractivity contribution in [3.63, 3.8) is 0 Å². The summed E-state index contributed by atoms with van der Waals surface area (Å²) in [5, 5.41) is 3.65. The quantitative estimate of drug-likeness (QED) is 0.902. The second-order valence-corrected chi connectivity index (χ2v) is 6.17. The van der Waals surface area contributed by atoms with E-state index < -0.39 is 0 Å². The lowest BCUT2D eigenvalue weighted by molar-refractivity contribution is 0.151. The van der Waals surface area contributed by atoms with Crippen molar-refractivity contribution in [1.82, 2.24) is 5.32 Å². The van der Waals surface area contributed by atoms with Crippen molar-refractivity contribution >= 4 is 0 Å². The van der Waals surface area contributed by atoms with Gasteiger partial charge in [-0.3, -0.25) is 0 Å². The van der Waals surface area contributed by atoms with E-state index in [1.165, 1.54) is 24.8 Å². The van der Waals surface area contributed by atoms with Crippen molar-refractivity contribution in [2.45, 2.75) is 39.2 Å². The summed E-state index contributed by atoms with van der Waals surface area (Å²) in [4.78, 5) is 0. The fraction of sp³-hybridized carbons (Fsp3) is 0.625. The zero-order valence-corrected chi connectivity index (χ0v) is 11.9. The SMILES string of the molecule is CC(NCC1(C)CCC1)c1ccc2c(c1)OCCO2. The van der Waals surface area contributed by atoms with Gasteiger partial charge in [0.25, 0.3) is 0 Å². The summed E-state index contributed by atoms with van der Waals surface area (Å²) in [7, 11) is 0. The van der Waals surface area contributed by atoms with Crippen LogP contribution in [0.4, 0.5) is 0 Å². The van der Waals surface area contributed by atoms with Crippen molar-refractivity contribution in [3.05, 3.63) is 23.8 Å². The van der Waals surface area contributed by atoms with E-state index in [0.717, 1.165) is 18.0 Å². The summed E-state index contributed by atoms with van der Waals surface area (Å²) < 4.78 is 11.2. The summed E-state index contributed by atoms with van der Waals surface area (Å²) >= 11 is 0. The molecule has 1 aromatic carbocycles. The molecule has 1 saturated carbocycles. The van der Waals surface area contributed by atoms with Gasteiger partial charge in [-0.25, -0.2) is 0 Å². The number of hydrogen-bond acceptors (Lipinski definition) is 3. The topological polar surface area (TPSA) is 30.5 Å². The third-order valence-corrected chi connectivity index (χ3v) is 4.46. The number of nitrogens with one attached hydrogen (secondary N) is 1. The zero-order valence-electron chi connectivity index (χ0n) is 11.9. The van der Waals surface area contributed by atoms with E-state index in [4.69, 9.17) is 9.47 Å². The van der Waals surface area contributed by atoms with Gasteiger partial charge in [-0.2, -0.15) is 0 Å². The Hall–Kier alpha value is -1.22. The molecule has 3 rings (SSSR count). The van der Waals surface area contributed by atoms with E-state index in [1.54, 1.807) is 0 Å². The minimum Gasteiger partial charge on any atom is -0.486 e. The van der Waals surface area contributed by atoms with Crippen LogP contribution in [0.5, 0.6) is 11.5 Å². The predicted octanol–water partition coefficient (Wildman–Crippen LogP) is 3.30. The first kappa shape index (κ1) is 12.8. The number of ether oxygens (including phenoxy) is 2. The van der Waals surface area contributed by atoms with Crippen LogP contribution in [-0.4, -0.2) is 19.8 Å². The first-order valence-electron chi connectivity index (χ1n) is 7.29. The van der Waals surface area contributed by atoms with Crippen LogP contribution in [0.25, 0.3) is 0 Å². The molecule has 0 radical (unpaired) electrons. The molecule has 1 aliphatic carbocycles. The Morgan fingerprint density at radius 2 is 1.95 bits per heavy atom. The van der Waals surface area contributed by atoms with Gasteiger partial charge < -0.3 is 14.8 Å². The van der Waals surface area contributed by atoms with Crippen LogP contribution < -0.4 is 14.8 Å². The predicted molar refractivity (Wildman–Crippen MR) is 75.8 cm³/mol. The van der Waals surface area contributed by atoms with Crippen LogP contribution in [0.2, 0.25) is 0 Å². The van der Waals surface area contributed by atoms with Gasteiger partial charge in [0, 0.05) is 12.6 Å². The molecule has 2 aliphatic rings. The molecule has 104 valence electrons. The Bertz CT molecular complexity index is 454. The number of hydrogen-bond donors (Lipinski definition) is 1. The molecule has 1 aliphatic heterocycles. The fourth-order valence-electron chi connectivity index (χ4n) is 2.80. The van der Waals surface area contributed by atoms with Crippen molar-refractivity contribution in [1.29, 1.82) is 0 Å². The molecule has 3 heteroatoms. The van der Waals surface area contributed by atoms with Crippen LogP contribution in [0.1, 0.15) is 44.7 Å². The van der Waals surface area contributed by atoms with E-state index in [-0.39, 0.29) is 0 Å². The molecule has 0 spiro atoms. The van der Waals surface area contributed by atoms with Gasteiger partial charge in [0.15, 0.2) is 11.5 Å². The number of benzene rings is 1. The third-order valence-electron chi connectivity index (χ3n) is 4.46. The van der Waals surface area contributed by atoms with Gasteiger partial charge in [-0.15, -0.1) is 0 Å². The maximum Gasteiger partial charge on any atom is 0.161 e. The highest BCUT2D eigenvalue weighted by Gasteiger charge is 2.31. The average Bonchev–Trinajstić information content (AvgIpc) is 2.42. The Balaban J connectivity index is 1.64. The molecule has 1 N–H and O–H groups in total. The zero-order chi connectivity index (χ0) is 13.3. The highest BCUT2D eigenvalue weighted by atomic mass is 16.6. The van der Waals surface area contributed by atoms with Crippen molar-refractivity contribution in [2.24, 2.45) is 5.41 Å². The highest BCUT2D eigenvalue weighted by Crippen LogP contribution is 2.40. The minimum absolute atomic E-state index is 0.355. The monoisotopic (exact) mass is 261 g/mol. The molecule has 1 aromatic rings. The summed E-state index contributed by atoms with van der Waals surface area (Å²) in [6.45, 7) is 6.99. The van der Waals surface area contributed by atoms with E-state index in [2.05, 4.69) is 31.3 Å². The molecule has 0 amide bonds. The number of fused-ring (bicyclic) bond motifs is 1. The Kier molecular flexibility index (Phi) is 3.40. The van der Waals surface area contributed by atoms with Crippen LogP contribution in [-0.2, 0) is 0 Å². The normalized spacial score (nSPS) is 21.6. The van der Waals surface area contributed by atoms with E-state index >= 15 is 0 Å². The van der Waals surface area contributed by atoms with E-state index in [0.29, 0.717) is 24.7 Å². The lowest BCUT2D eigenvalue weighted by atomic mass is 9.70. The van der Waals surface area contributed by atoms with E-state index in [9.17, 15) is 0 Å². The molecule has 3 nitrogen and oxygen atoms in total. The maximum atomic E-state index is 5.64. The molecular formula is C16H23NO2. The maximum absolute atomic E-state index is 5.64. The smallest absolute Gasteiger partial charge is 0.161 e. The van der Waals surface area contributed by atoms with Gasteiger partial charge in [0.2, 0.25) is 0 Å². The van der Waals surface area contributed by atoms with Crippen LogP contribution in [0, 0.1) is 5.41 Å². The largest absolute Gasteiger partial charge is 0.486 e. The molecule has 1 heterocycles. The molecule has 0 bridgehead atoms. The highest BCUT2D eigenvalue weighted by molar-refractivity contribution is 5.44. The summed E-state index contributed by atoms with van der Waals surface area (Å²) in [6, 6.07) is 6.62. The first-order chi connectivity index (χ1) is 9.16.